The van der Waals surface area contributed by atoms with Crippen LogP contribution in [0.15, 0.2) is 109 Å². The van der Waals surface area contributed by atoms with Crippen LogP contribution in [0, 0.1) is 23.7 Å². The van der Waals surface area contributed by atoms with Crippen molar-refractivity contribution in [1.29, 1.82) is 0 Å². The van der Waals surface area contributed by atoms with Crippen LogP contribution in [0.25, 0.3) is 0 Å². The van der Waals surface area contributed by atoms with E-state index in [1.807, 2.05) is 109 Å². The molecule has 0 nitrogen and oxygen atoms in total. The molecule has 0 amide bonds. The van der Waals surface area contributed by atoms with Gasteiger partial charge in [0.15, 0.2) is 0 Å². The fraction of sp³-hybridized carbons (Fsp3) is 0. The maximum Gasteiger partial charge on any atom is 0.0249 e. The van der Waals surface area contributed by atoms with Crippen LogP contribution in [0.5, 0.6) is 0 Å². The maximum atomic E-state index is 3.16. The van der Waals surface area contributed by atoms with Crippen molar-refractivity contribution < 1.29 is 17.1 Å². The molecule has 0 fully saturated rings. The molecule has 0 aromatic heterocycles. The average Bonchev–Trinajstić information content (AvgIpc) is 3.43. The summed E-state index contributed by atoms with van der Waals surface area (Å²) in [5.74, 6) is 12.6. The van der Waals surface area contributed by atoms with Crippen LogP contribution in [0.1, 0.15) is 22.3 Å². The summed E-state index contributed by atoms with van der Waals surface area (Å²) in [5, 5.41) is 0. The molecule has 0 aliphatic rings. The van der Waals surface area contributed by atoms with Gasteiger partial charge in [-0.2, -0.15) is 24.0 Å². The molecule has 1 heteroatoms. The third kappa shape index (κ3) is 7.27. The summed E-state index contributed by atoms with van der Waals surface area (Å²) in [7, 11) is 0. The molecule has 0 aliphatic heterocycles. The Morgan fingerprint density at radius 1 is 0.519 bits per heavy atom. The van der Waals surface area contributed by atoms with Crippen molar-refractivity contribution in [3.05, 3.63) is 131 Å². The maximum absolute atomic E-state index is 3.16. The number of benzene rings is 2. The van der Waals surface area contributed by atoms with Gasteiger partial charge in [0.25, 0.3) is 0 Å². The van der Waals surface area contributed by atoms with Gasteiger partial charge in [0.05, 0.1) is 0 Å². The molecule has 0 radical (unpaired) electrons. The predicted octanol–water partition coefficient (Wildman–Crippen LogP) is 5.61. The number of hydrogen-bond acceptors (Lipinski definition) is 0. The summed E-state index contributed by atoms with van der Waals surface area (Å²) in [6.45, 7) is 0. The third-order valence-electron chi connectivity index (χ3n) is 3.58. The van der Waals surface area contributed by atoms with Gasteiger partial charge >= 0.3 is 0 Å². The Morgan fingerprint density at radius 3 is 1.48 bits per heavy atom. The van der Waals surface area contributed by atoms with Gasteiger partial charge in [0, 0.05) is 28.2 Å². The molecule has 27 heavy (non-hydrogen) atoms. The first-order chi connectivity index (χ1) is 12.9. The van der Waals surface area contributed by atoms with Crippen molar-refractivity contribution in [2.45, 2.75) is 0 Å². The van der Waals surface area contributed by atoms with Crippen LogP contribution in [-0.4, -0.2) is 0 Å². The van der Waals surface area contributed by atoms with E-state index in [2.05, 4.69) is 23.7 Å². The van der Waals surface area contributed by atoms with E-state index in [9.17, 15) is 0 Å². The molecule has 4 aromatic carbocycles. The van der Waals surface area contributed by atoms with E-state index in [-0.39, 0.29) is 17.1 Å². The SMILES string of the molecule is C(#Cc1ccc(C#C[c-]2cccc2)cc1)c1ccccc1.[Fe].[cH-]1[cH-][cH-][cH-][cH-]1. The Bertz CT molecular complexity index is 982. The molecule has 0 saturated carbocycles. The molecule has 0 heterocycles. The second-order valence-corrected chi connectivity index (χ2v) is 5.58. The van der Waals surface area contributed by atoms with Crippen molar-refractivity contribution in [2.24, 2.45) is 0 Å². The fourth-order valence-corrected chi connectivity index (χ4v) is 2.23. The quantitative estimate of drug-likeness (QED) is 0.209. The second-order valence-electron chi connectivity index (χ2n) is 5.58. The Balaban J connectivity index is 0.000000379. The Morgan fingerprint density at radius 2 is 0.963 bits per heavy atom. The molecule has 4 rings (SSSR count). The summed E-state index contributed by atoms with van der Waals surface area (Å²) >= 11 is 0. The van der Waals surface area contributed by atoms with E-state index >= 15 is 0 Å². The van der Waals surface area contributed by atoms with E-state index in [1.165, 1.54) is 0 Å². The van der Waals surface area contributed by atoms with Crippen molar-refractivity contribution in [3.8, 4) is 23.7 Å². The minimum atomic E-state index is 0. The molecule has 0 saturated heterocycles. The first kappa shape index (κ1) is 20.1. The summed E-state index contributed by atoms with van der Waals surface area (Å²) in [6.07, 6.45) is 0. The monoisotopic (exact) mass is 386 g/mol. The minimum Gasteiger partial charge on any atom is -0.748 e. The molecule has 0 bridgehead atoms. The summed E-state index contributed by atoms with van der Waals surface area (Å²) in [4.78, 5) is 0. The van der Waals surface area contributed by atoms with Crippen molar-refractivity contribution >= 4 is 0 Å². The molecular formula is C26H18Fe-6. The van der Waals surface area contributed by atoms with Gasteiger partial charge in [-0.1, -0.05) is 47.7 Å². The molecule has 0 atom stereocenters. The largest absolute Gasteiger partial charge is 0.748 e. The van der Waals surface area contributed by atoms with Crippen molar-refractivity contribution in [1.82, 2.24) is 0 Å². The molecule has 0 unspecified atom stereocenters. The van der Waals surface area contributed by atoms with Crippen LogP contribution < -0.4 is 0 Å². The third-order valence-corrected chi connectivity index (χ3v) is 3.58. The number of hydrogen-bond donors (Lipinski definition) is 0. The van der Waals surface area contributed by atoms with Gasteiger partial charge in [-0.15, -0.1) is 12.1 Å². The normalized spacial score (nSPS) is 8.59. The zero-order valence-electron chi connectivity index (χ0n) is 14.7. The zero-order chi connectivity index (χ0) is 17.9. The van der Waals surface area contributed by atoms with E-state index in [0.29, 0.717) is 0 Å². The first-order valence-corrected chi connectivity index (χ1v) is 8.48. The zero-order valence-corrected chi connectivity index (χ0v) is 15.9. The van der Waals surface area contributed by atoms with Crippen molar-refractivity contribution in [3.63, 3.8) is 0 Å². The van der Waals surface area contributed by atoms with Gasteiger partial charge in [0.1, 0.15) is 0 Å². The smallest absolute Gasteiger partial charge is 0.0249 e. The summed E-state index contributed by atoms with van der Waals surface area (Å²) < 4.78 is 0. The van der Waals surface area contributed by atoms with Gasteiger partial charge in [-0.25, -0.2) is 0 Å². The van der Waals surface area contributed by atoms with Crippen LogP contribution in [0.2, 0.25) is 0 Å². The number of rotatable bonds is 0. The second kappa shape index (κ2) is 11.4. The average molecular weight is 386 g/mol. The van der Waals surface area contributed by atoms with E-state index in [1.54, 1.807) is 0 Å². The van der Waals surface area contributed by atoms with Crippen molar-refractivity contribution in [2.75, 3.05) is 0 Å². The fourth-order valence-electron chi connectivity index (χ4n) is 2.23. The van der Waals surface area contributed by atoms with Crippen LogP contribution in [0.4, 0.5) is 0 Å². The molecule has 136 valence electrons. The van der Waals surface area contributed by atoms with Gasteiger partial charge < -0.3 is 30.3 Å². The Hall–Kier alpha value is -3.22. The summed E-state index contributed by atoms with van der Waals surface area (Å²) in [6, 6.07) is 36.0. The van der Waals surface area contributed by atoms with Gasteiger partial charge in [-0.3, -0.25) is 0 Å². The Kier molecular flexibility index (Phi) is 8.49. The Labute approximate surface area is 172 Å². The standard InChI is InChI=1S/C21H13.C5H5.Fe/c1-2-6-18(7-3-1)10-12-20-14-16-21(17-15-20)13-11-19-8-4-5-9-19;1-2-4-5-3-1;/h1-9,14-17H;1-5H;/q-1;-5;. The molecule has 0 spiro atoms. The molecular weight excluding hydrogens is 368 g/mol. The predicted molar refractivity (Wildman–Crippen MR) is 109 cm³/mol. The molecule has 0 aliphatic carbocycles. The summed E-state index contributed by atoms with van der Waals surface area (Å²) in [5.41, 5.74) is 4.07. The van der Waals surface area contributed by atoms with E-state index < -0.39 is 0 Å². The van der Waals surface area contributed by atoms with Crippen LogP contribution >= 0.6 is 0 Å². The van der Waals surface area contributed by atoms with Gasteiger partial charge in [0.2, 0.25) is 0 Å². The molecule has 0 N–H and O–H groups in total. The molecule has 4 aromatic rings. The van der Waals surface area contributed by atoms with Gasteiger partial charge in [-0.05, 0) is 29.8 Å². The van der Waals surface area contributed by atoms with E-state index in [4.69, 9.17) is 0 Å². The minimum absolute atomic E-state index is 0. The van der Waals surface area contributed by atoms with E-state index in [0.717, 1.165) is 22.3 Å². The van der Waals surface area contributed by atoms with Crippen LogP contribution in [0.3, 0.4) is 0 Å². The van der Waals surface area contributed by atoms with Crippen LogP contribution in [-0.2, 0) is 17.1 Å². The topological polar surface area (TPSA) is 0 Å². The first-order valence-electron chi connectivity index (χ1n) is 8.48.